The van der Waals surface area contributed by atoms with E-state index in [-0.39, 0.29) is 0 Å². The minimum absolute atomic E-state index is 0.787. The summed E-state index contributed by atoms with van der Waals surface area (Å²) in [6.45, 7) is 4.66. The Morgan fingerprint density at radius 3 is 1.96 bits per heavy atom. The van der Waals surface area contributed by atoms with Crippen LogP contribution in [-0.4, -0.2) is 0 Å². The summed E-state index contributed by atoms with van der Waals surface area (Å²) in [5, 5.41) is 0. The predicted octanol–water partition coefficient (Wildman–Crippen LogP) is 6.01. The predicted molar refractivity (Wildman–Crippen MR) is 102 cm³/mol. The van der Waals surface area contributed by atoms with Crippen LogP contribution in [0.5, 0.6) is 0 Å². The normalized spacial score (nSPS) is 12.3. The zero-order valence-electron chi connectivity index (χ0n) is 14.7. The molecule has 0 fully saturated rings. The van der Waals surface area contributed by atoms with Crippen molar-refractivity contribution >= 4 is 5.69 Å². The summed E-state index contributed by atoms with van der Waals surface area (Å²) in [4.78, 5) is 0. The fraction of sp³-hybridized carbons (Fsp3) is 0.455. The minimum atomic E-state index is 0.787. The molecule has 2 N–H and O–H groups in total. The van der Waals surface area contributed by atoms with Crippen LogP contribution in [-0.2, 0) is 12.8 Å². The van der Waals surface area contributed by atoms with Crippen molar-refractivity contribution in [2.24, 2.45) is 5.92 Å². The monoisotopic (exact) mass is 309 g/mol. The van der Waals surface area contributed by atoms with E-state index < -0.39 is 0 Å². The Labute approximate surface area is 141 Å². The number of nitrogen functional groups attached to an aromatic ring is 1. The smallest absolute Gasteiger partial charge is 0.0314 e. The van der Waals surface area contributed by atoms with E-state index >= 15 is 0 Å². The molecule has 1 unspecified atom stereocenters. The summed E-state index contributed by atoms with van der Waals surface area (Å²) in [6.07, 6.45) is 9.01. The van der Waals surface area contributed by atoms with Crippen LogP contribution in [0.25, 0.3) is 0 Å². The van der Waals surface area contributed by atoms with Crippen LogP contribution in [0.2, 0.25) is 0 Å². The van der Waals surface area contributed by atoms with Gasteiger partial charge in [0.1, 0.15) is 0 Å². The highest BCUT2D eigenvalue weighted by molar-refractivity contribution is 5.40. The molecule has 0 saturated heterocycles. The zero-order valence-corrected chi connectivity index (χ0v) is 14.7. The Balaban J connectivity index is 1.80. The molecule has 0 aromatic heterocycles. The van der Waals surface area contributed by atoms with Crippen LogP contribution in [0.4, 0.5) is 5.69 Å². The van der Waals surface area contributed by atoms with Crippen LogP contribution in [0.15, 0.2) is 48.5 Å². The molecule has 0 aliphatic heterocycles. The van der Waals surface area contributed by atoms with Crippen LogP contribution in [0, 0.1) is 5.92 Å². The molecule has 0 spiro atoms. The molecular formula is C22H31N. The number of anilines is 1. The van der Waals surface area contributed by atoms with Crippen molar-refractivity contribution in [3.8, 4) is 0 Å². The van der Waals surface area contributed by atoms with Crippen molar-refractivity contribution in [3.05, 3.63) is 65.2 Å². The van der Waals surface area contributed by atoms with Crippen LogP contribution < -0.4 is 5.73 Å². The highest BCUT2D eigenvalue weighted by Gasteiger charge is 2.04. The van der Waals surface area contributed by atoms with Gasteiger partial charge in [0, 0.05) is 5.69 Å². The third kappa shape index (κ3) is 6.48. The van der Waals surface area contributed by atoms with Gasteiger partial charge in [0.2, 0.25) is 0 Å². The van der Waals surface area contributed by atoms with Gasteiger partial charge in [-0.25, -0.2) is 0 Å². The number of hydrogen-bond donors (Lipinski definition) is 1. The van der Waals surface area contributed by atoms with E-state index in [0.29, 0.717) is 0 Å². The van der Waals surface area contributed by atoms with Crippen molar-refractivity contribution in [2.75, 3.05) is 5.73 Å². The van der Waals surface area contributed by atoms with Gasteiger partial charge in [0.05, 0.1) is 0 Å². The van der Waals surface area contributed by atoms with Crippen molar-refractivity contribution < 1.29 is 0 Å². The highest BCUT2D eigenvalue weighted by Crippen LogP contribution is 2.18. The van der Waals surface area contributed by atoms with Gasteiger partial charge in [-0.2, -0.15) is 0 Å². The Morgan fingerprint density at radius 1 is 0.783 bits per heavy atom. The molecule has 0 bridgehead atoms. The average Bonchev–Trinajstić information content (AvgIpc) is 2.56. The second-order valence-corrected chi connectivity index (χ2v) is 6.89. The summed E-state index contributed by atoms with van der Waals surface area (Å²) < 4.78 is 0. The lowest BCUT2D eigenvalue weighted by Gasteiger charge is -2.12. The number of benzene rings is 2. The molecule has 1 atom stereocenters. The van der Waals surface area contributed by atoms with Crippen LogP contribution in [0.1, 0.15) is 62.6 Å². The van der Waals surface area contributed by atoms with Gasteiger partial charge < -0.3 is 5.73 Å². The van der Waals surface area contributed by atoms with Gasteiger partial charge in [0.15, 0.2) is 0 Å². The van der Waals surface area contributed by atoms with Crippen molar-refractivity contribution in [2.45, 2.75) is 58.8 Å². The van der Waals surface area contributed by atoms with Crippen LogP contribution in [0.3, 0.4) is 0 Å². The first-order valence-electron chi connectivity index (χ1n) is 9.09. The maximum absolute atomic E-state index is 5.74. The van der Waals surface area contributed by atoms with Gasteiger partial charge >= 0.3 is 0 Å². The molecule has 1 heteroatoms. The van der Waals surface area contributed by atoms with E-state index in [1.165, 1.54) is 55.2 Å². The van der Waals surface area contributed by atoms with Crippen LogP contribution >= 0.6 is 0 Å². The first-order chi connectivity index (χ1) is 11.2. The maximum atomic E-state index is 5.74. The van der Waals surface area contributed by atoms with E-state index in [1.54, 1.807) is 0 Å². The van der Waals surface area contributed by atoms with Gasteiger partial charge in [-0.1, -0.05) is 82.3 Å². The molecule has 0 saturated carbocycles. The molecule has 0 amide bonds. The third-order valence-electron chi connectivity index (χ3n) is 4.55. The Bertz CT molecular complexity index is 554. The van der Waals surface area contributed by atoms with Crippen molar-refractivity contribution in [1.82, 2.24) is 0 Å². The largest absolute Gasteiger partial charge is 0.399 e. The average molecular weight is 309 g/mol. The maximum Gasteiger partial charge on any atom is 0.0314 e. The number of unbranched alkanes of at least 4 members (excludes halogenated alkanes) is 3. The lowest BCUT2D eigenvalue weighted by Crippen LogP contribution is -2.00. The van der Waals surface area contributed by atoms with E-state index in [9.17, 15) is 0 Å². The first kappa shape index (κ1) is 17.6. The minimum Gasteiger partial charge on any atom is -0.399 e. The standard InChI is InChI=1S/C22H31N/c1-3-4-5-6-7-18(2)16-19-8-10-20(11-9-19)17-21-12-14-22(23)15-13-21/h8-15,18H,3-7,16-17,23H2,1-2H3. The van der Waals surface area contributed by atoms with Gasteiger partial charge in [-0.15, -0.1) is 0 Å². The third-order valence-corrected chi connectivity index (χ3v) is 4.55. The van der Waals surface area contributed by atoms with Gasteiger partial charge in [-0.3, -0.25) is 0 Å². The fourth-order valence-corrected chi connectivity index (χ4v) is 3.09. The summed E-state index contributed by atoms with van der Waals surface area (Å²) in [6, 6.07) is 17.3. The van der Waals surface area contributed by atoms with E-state index in [0.717, 1.165) is 18.0 Å². The first-order valence-corrected chi connectivity index (χ1v) is 9.09. The second kappa shape index (κ2) is 9.39. The van der Waals surface area contributed by atoms with Gasteiger partial charge in [-0.05, 0) is 47.6 Å². The summed E-state index contributed by atoms with van der Waals surface area (Å²) >= 11 is 0. The molecule has 2 rings (SSSR count). The van der Waals surface area contributed by atoms with E-state index in [2.05, 4.69) is 50.2 Å². The van der Waals surface area contributed by atoms with E-state index in [1.807, 2.05) is 12.1 Å². The number of nitrogens with two attached hydrogens (primary N) is 1. The Kier molecular flexibility index (Phi) is 7.19. The number of hydrogen-bond acceptors (Lipinski definition) is 1. The topological polar surface area (TPSA) is 26.0 Å². The molecule has 0 radical (unpaired) electrons. The molecular weight excluding hydrogens is 278 g/mol. The quantitative estimate of drug-likeness (QED) is 0.445. The van der Waals surface area contributed by atoms with E-state index in [4.69, 9.17) is 5.73 Å². The fourth-order valence-electron chi connectivity index (χ4n) is 3.09. The Morgan fingerprint density at radius 2 is 1.35 bits per heavy atom. The van der Waals surface area contributed by atoms with Crippen molar-refractivity contribution in [3.63, 3.8) is 0 Å². The summed E-state index contributed by atoms with van der Waals surface area (Å²) in [5.74, 6) is 0.787. The molecule has 2 aromatic carbocycles. The lowest BCUT2D eigenvalue weighted by atomic mass is 9.94. The summed E-state index contributed by atoms with van der Waals surface area (Å²) in [7, 11) is 0. The Hall–Kier alpha value is -1.76. The second-order valence-electron chi connectivity index (χ2n) is 6.89. The highest BCUT2D eigenvalue weighted by atomic mass is 14.5. The van der Waals surface area contributed by atoms with Gasteiger partial charge in [0.25, 0.3) is 0 Å². The molecule has 124 valence electrons. The SMILES string of the molecule is CCCCCCC(C)Cc1ccc(Cc2ccc(N)cc2)cc1. The number of rotatable bonds is 9. The molecule has 2 aromatic rings. The molecule has 1 nitrogen and oxygen atoms in total. The van der Waals surface area contributed by atoms with Crippen molar-refractivity contribution in [1.29, 1.82) is 0 Å². The molecule has 0 heterocycles. The summed E-state index contributed by atoms with van der Waals surface area (Å²) in [5.41, 5.74) is 10.7. The molecule has 0 aliphatic rings. The lowest BCUT2D eigenvalue weighted by molar-refractivity contribution is 0.487. The molecule has 23 heavy (non-hydrogen) atoms. The zero-order chi connectivity index (χ0) is 16.5. The molecule has 0 aliphatic carbocycles.